The van der Waals surface area contributed by atoms with Gasteiger partial charge in [0.05, 0.1) is 25.6 Å². The molecule has 0 aromatic heterocycles. The average Bonchev–Trinajstić information content (AvgIpc) is 3.13. The summed E-state index contributed by atoms with van der Waals surface area (Å²) in [5.41, 5.74) is 1.67. The number of hydrogen-bond acceptors (Lipinski definition) is 6. The lowest BCUT2D eigenvalue weighted by Crippen LogP contribution is -2.66. The SMILES string of the molecule is C=CC[C@@H](C)[C@H](C[C@H](O)CCO[Si](c1ccccc1)(c1ccccc1)C(C)(C)C)S(=O)(=O)N(Cc1ccc(OC)cc1)Cc1ccc(OC)cc1. The Hall–Kier alpha value is -3.73. The molecule has 4 aromatic rings. The van der Waals surface area contributed by atoms with Crippen LogP contribution in [0.1, 0.15) is 58.1 Å². The van der Waals surface area contributed by atoms with E-state index in [-0.39, 0.29) is 30.5 Å². The van der Waals surface area contributed by atoms with Gasteiger partial charge in [-0.1, -0.05) is 119 Å². The second-order valence-electron chi connectivity index (χ2n) is 14.2. The highest BCUT2D eigenvalue weighted by atomic mass is 32.2. The standard InChI is InChI=1S/C42H55NO6SSi/c1-8-15-33(2)41(50(45,46)43(31-34-20-24-37(47-6)25-21-34)32-35-22-26-38(48-7)27-23-35)30-36(44)28-29-49-51(42(3,4)5,39-16-11-9-12-17-39)40-18-13-10-14-19-40/h8-14,16-27,33,36,41,44H,1,15,28-32H2,2-7H3/t33-,36-,41+/m1/s1. The first-order valence-electron chi connectivity index (χ1n) is 17.6. The normalized spacial score (nSPS) is 14.1. The van der Waals surface area contributed by atoms with E-state index in [2.05, 4.69) is 51.6 Å². The van der Waals surface area contributed by atoms with Gasteiger partial charge < -0.3 is 19.0 Å². The maximum absolute atomic E-state index is 14.8. The fourth-order valence-corrected chi connectivity index (χ4v) is 13.6. The minimum Gasteiger partial charge on any atom is -0.497 e. The Kier molecular flexibility index (Phi) is 14.3. The van der Waals surface area contributed by atoms with Gasteiger partial charge in [0.15, 0.2) is 0 Å². The number of ether oxygens (including phenoxy) is 2. The predicted octanol–water partition coefficient (Wildman–Crippen LogP) is 7.33. The van der Waals surface area contributed by atoms with Gasteiger partial charge in [-0.25, -0.2) is 8.42 Å². The summed E-state index contributed by atoms with van der Waals surface area (Å²) in [7, 11) is -3.55. The summed E-state index contributed by atoms with van der Waals surface area (Å²) >= 11 is 0. The number of allylic oxidation sites excluding steroid dienone is 1. The van der Waals surface area contributed by atoms with Gasteiger partial charge >= 0.3 is 0 Å². The fraction of sp³-hybridized carbons (Fsp3) is 0.381. The van der Waals surface area contributed by atoms with Gasteiger partial charge in [-0.05, 0) is 76.0 Å². The van der Waals surface area contributed by atoms with Gasteiger partial charge in [0.25, 0.3) is 8.32 Å². The van der Waals surface area contributed by atoms with E-state index in [1.807, 2.05) is 91.9 Å². The van der Waals surface area contributed by atoms with Crippen molar-refractivity contribution in [2.75, 3.05) is 20.8 Å². The Balaban J connectivity index is 1.62. The van der Waals surface area contributed by atoms with Crippen molar-refractivity contribution in [1.29, 1.82) is 0 Å². The molecule has 0 spiro atoms. The molecule has 274 valence electrons. The molecule has 0 aliphatic heterocycles. The lowest BCUT2D eigenvalue weighted by Gasteiger charge is -2.43. The molecule has 0 aliphatic rings. The van der Waals surface area contributed by atoms with Gasteiger partial charge in [0.1, 0.15) is 11.5 Å². The molecule has 9 heteroatoms. The summed E-state index contributed by atoms with van der Waals surface area (Å²) < 4.78 is 48.8. The van der Waals surface area contributed by atoms with Crippen molar-refractivity contribution in [2.45, 2.75) is 76.4 Å². The summed E-state index contributed by atoms with van der Waals surface area (Å²) in [4.78, 5) is 0. The van der Waals surface area contributed by atoms with Gasteiger partial charge in [-0.3, -0.25) is 0 Å². The van der Waals surface area contributed by atoms with E-state index in [1.165, 1.54) is 4.31 Å². The summed E-state index contributed by atoms with van der Waals surface area (Å²) in [5.74, 6) is 1.11. The van der Waals surface area contributed by atoms with Crippen LogP contribution in [0, 0.1) is 5.92 Å². The van der Waals surface area contributed by atoms with Gasteiger partial charge in [0.2, 0.25) is 10.0 Å². The average molecular weight is 730 g/mol. The maximum Gasteiger partial charge on any atom is 0.261 e. The predicted molar refractivity (Wildman–Crippen MR) is 211 cm³/mol. The molecular weight excluding hydrogens is 675 g/mol. The van der Waals surface area contributed by atoms with Crippen LogP contribution in [-0.2, 0) is 27.5 Å². The minimum absolute atomic E-state index is 0.0726. The van der Waals surface area contributed by atoms with E-state index in [9.17, 15) is 13.5 Å². The van der Waals surface area contributed by atoms with Crippen molar-refractivity contribution >= 4 is 28.7 Å². The van der Waals surface area contributed by atoms with E-state index >= 15 is 0 Å². The van der Waals surface area contributed by atoms with E-state index < -0.39 is 29.7 Å². The van der Waals surface area contributed by atoms with Crippen molar-refractivity contribution in [3.8, 4) is 11.5 Å². The zero-order chi connectivity index (χ0) is 37.1. The van der Waals surface area contributed by atoms with Gasteiger partial charge in [-0.15, -0.1) is 6.58 Å². The molecule has 0 saturated heterocycles. The first-order chi connectivity index (χ1) is 24.3. The van der Waals surface area contributed by atoms with E-state index in [0.29, 0.717) is 30.9 Å². The molecule has 0 unspecified atom stereocenters. The van der Waals surface area contributed by atoms with Crippen LogP contribution in [0.2, 0.25) is 5.04 Å². The number of aliphatic hydroxyl groups excluding tert-OH is 1. The molecule has 1 N–H and O–H groups in total. The largest absolute Gasteiger partial charge is 0.497 e. The number of methoxy groups -OCH3 is 2. The Labute approximate surface area is 307 Å². The lowest BCUT2D eigenvalue weighted by atomic mass is 9.98. The third-order valence-electron chi connectivity index (χ3n) is 9.64. The molecule has 0 heterocycles. The molecule has 0 amide bonds. The van der Waals surface area contributed by atoms with Crippen LogP contribution in [0.4, 0.5) is 0 Å². The van der Waals surface area contributed by atoms with Gasteiger partial charge in [-0.2, -0.15) is 4.31 Å². The summed E-state index contributed by atoms with van der Waals surface area (Å²) in [6.07, 6.45) is 1.72. The molecule has 7 nitrogen and oxygen atoms in total. The number of aliphatic hydroxyl groups is 1. The number of nitrogens with zero attached hydrogens (tertiary/aromatic N) is 1. The van der Waals surface area contributed by atoms with Crippen LogP contribution < -0.4 is 19.8 Å². The molecule has 0 bridgehead atoms. The molecule has 0 radical (unpaired) electrons. The first kappa shape index (κ1) is 40.0. The summed E-state index contributed by atoms with van der Waals surface area (Å²) in [6.45, 7) is 13.1. The van der Waals surface area contributed by atoms with Crippen LogP contribution in [-0.4, -0.2) is 58.3 Å². The molecular formula is C42H55NO6SSi. The first-order valence-corrected chi connectivity index (χ1v) is 21.1. The van der Waals surface area contributed by atoms with E-state index in [4.69, 9.17) is 13.9 Å². The molecule has 0 saturated carbocycles. The Morgan fingerprint density at radius 3 is 1.63 bits per heavy atom. The molecule has 0 aliphatic carbocycles. The highest BCUT2D eigenvalue weighted by molar-refractivity contribution is 7.89. The van der Waals surface area contributed by atoms with Crippen molar-refractivity contribution in [3.05, 3.63) is 133 Å². The smallest absolute Gasteiger partial charge is 0.261 e. The number of sulfonamides is 1. The Morgan fingerprint density at radius 2 is 1.24 bits per heavy atom. The number of hydrogen-bond donors (Lipinski definition) is 1. The van der Waals surface area contributed by atoms with Crippen LogP contribution in [0.25, 0.3) is 0 Å². The van der Waals surface area contributed by atoms with Crippen molar-refractivity contribution < 1.29 is 27.4 Å². The van der Waals surface area contributed by atoms with Crippen LogP contribution in [0.3, 0.4) is 0 Å². The molecule has 4 rings (SSSR count). The zero-order valence-corrected chi connectivity index (χ0v) is 32.8. The zero-order valence-electron chi connectivity index (χ0n) is 31.0. The van der Waals surface area contributed by atoms with Crippen LogP contribution in [0.5, 0.6) is 11.5 Å². The van der Waals surface area contributed by atoms with Crippen LogP contribution >= 0.6 is 0 Å². The van der Waals surface area contributed by atoms with Crippen LogP contribution in [0.15, 0.2) is 122 Å². The minimum atomic E-state index is -3.94. The third-order valence-corrected chi connectivity index (χ3v) is 17.1. The second-order valence-corrected chi connectivity index (χ2v) is 20.7. The Bertz CT molecular complexity index is 1650. The molecule has 3 atom stereocenters. The van der Waals surface area contributed by atoms with Crippen molar-refractivity contribution in [2.24, 2.45) is 5.92 Å². The topological polar surface area (TPSA) is 85.3 Å². The lowest BCUT2D eigenvalue weighted by molar-refractivity contribution is 0.122. The Morgan fingerprint density at radius 1 is 0.784 bits per heavy atom. The highest BCUT2D eigenvalue weighted by Crippen LogP contribution is 2.37. The quantitative estimate of drug-likeness (QED) is 0.0804. The third kappa shape index (κ3) is 9.99. The second kappa shape index (κ2) is 18.2. The monoisotopic (exact) mass is 729 g/mol. The molecule has 0 fully saturated rings. The fourth-order valence-electron chi connectivity index (χ4n) is 6.85. The number of benzene rings is 4. The molecule has 4 aromatic carbocycles. The highest BCUT2D eigenvalue weighted by Gasteiger charge is 2.50. The molecule has 51 heavy (non-hydrogen) atoms. The van der Waals surface area contributed by atoms with Crippen molar-refractivity contribution in [1.82, 2.24) is 4.31 Å². The summed E-state index contributed by atoms with van der Waals surface area (Å²) in [6, 6.07) is 35.6. The van der Waals surface area contributed by atoms with E-state index in [1.54, 1.807) is 20.3 Å². The number of rotatable bonds is 19. The maximum atomic E-state index is 14.8. The van der Waals surface area contributed by atoms with Gasteiger partial charge in [0, 0.05) is 19.7 Å². The summed E-state index contributed by atoms with van der Waals surface area (Å²) in [5, 5.41) is 12.9. The van der Waals surface area contributed by atoms with Crippen molar-refractivity contribution in [3.63, 3.8) is 0 Å². The van der Waals surface area contributed by atoms with E-state index in [0.717, 1.165) is 21.5 Å².